The first kappa shape index (κ1) is 14.9. The molecule has 0 amide bonds. The average Bonchev–Trinajstić information content (AvgIpc) is 2.93. The normalized spacial score (nSPS) is 15.6. The molecule has 2 heterocycles. The van der Waals surface area contributed by atoms with E-state index >= 15 is 0 Å². The Morgan fingerprint density at radius 2 is 2.10 bits per heavy atom. The third-order valence-electron chi connectivity index (χ3n) is 4.20. The molecule has 2 N–H and O–H groups in total. The predicted molar refractivity (Wildman–Crippen MR) is 92.7 cm³/mol. The quantitative estimate of drug-likeness (QED) is 0.920. The zero-order valence-corrected chi connectivity index (χ0v) is 14.4. The fourth-order valence-corrected chi connectivity index (χ4v) is 5.20. The van der Waals surface area contributed by atoms with Crippen molar-refractivity contribution in [2.75, 3.05) is 12.9 Å². The van der Waals surface area contributed by atoms with Crippen LogP contribution in [0.25, 0.3) is 0 Å². The largest absolute Gasteiger partial charge is 0.496 e. The predicted octanol–water partition coefficient (Wildman–Crippen LogP) is 4.21. The Morgan fingerprint density at radius 1 is 1.29 bits per heavy atom. The summed E-state index contributed by atoms with van der Waals surface area (Å²) in [5.74, 6) is 3.29. The van der Waals surface area contributed by atoms with Crippen molar-refractivity contribution in [2.24, 2.45) is 5.73 Å². The molecule has 3 rings (SSSR count). The van der Waals surface area contributed by atoms with E-state index in [0.717, 1.165) is 17.1 Å². The molecule has 0 bridgehead atoms. The number of rotatable bonds is 3. The van der Waals surface area contributed by atoms with Gasteiger partial charge in [-0.15, -0.1) is 11.3 Å². The van der Waals surface area contributed by atoms with E-state index < -0.39 is 0 Å². The lowest BCUT2D eigenvalue weighted by Crippen LogP contribution is -2.12. The molecule has 4 heteroatoms. The first-order valence-corrected chi connectivity index (χ1v) is 9.17. The van der Waals surface area contributed by atoms with Crippen LogP contribution in [0, 0.1) is 13.8 Å². The highest BCUT2D eigenvalue weighted by Crippen LogP contribution is 2.39. The van der Waals surface area contributed by atoms with Crippen LogP contribution in [0.4, 0.5) is 0 Å². The molecule has 1 aliphatic heterocycles. The van der Waals surface area contributed by atoms with Crippen LogP contribution in [0.3, 0.4) is 0 Å². The zero-order chi connectivity index (χ0) is 15.0. The van der Waals surface area contributed by atoms with Crippen LogP contribution in [0.2, 0.25) is 0 Å². The van der Waals surface area contributed by atoms with Crippen molar-refractivity contribution in [3.8, 4) is 5.75 Å². The SMILES string of the molecule is COc1c(C(N)c2cc3c(s2)CCSC3)ccc(C)c1C. The van der Waals surface area contributed by atoms with E-state index in [1.165, 1.54) is 38.6 Å². The van der Waals surface area contributed by atoms with E-state index in [1.807, 2.05) is 23.1 Å². The lowest BCUT2D eigenvalue weighted by Gasteiger charge is -2.18. The molecule has 0 fully saturated rings. The monoisotopic (exact) mass is 319 g/mol. The Balaban J connectivity index is 2.00. The van der Waals surface area contributed by atoms with Gasteiger partial charge in [-0.3, -0.25) is 0 Å². The molecule has 0 radical (unpaired) electrons. The molecular formula is C17H21NOS2. The Labute approximate surface area is 134 Å². The fourth-order valence-electron chi connectivity index (χ4n) is 2.80. The van der Waals surface area contributed by atoms with Gasteiger partial charge in [0, 0.05) is 21.1 Å². The number of nitrogens with two attached hydrogens (primary N) is 1. The topological polar surface area (TPSA) is 35.2 Å². The summed E-state index contributed by atoms with van der Waals surface area (Å²) in [6.45, 7) is 4.20. The molecule has 1 aromatic heterocycles. The Morgan fingerprint density at radius 3 is 2.81 bits per heavy atom. The van der Waals surface area contributed by atoms with Gasteiger partial charge in [0.05, 0.1) is 13.2 Å². The molecule has 0 aliphatic carbocycles. The highest BCUT2D eigenvalue weighted by Gasteiger charge is 2.21. The molecule has 0 saturated carbocycles. The number of methoxy groups -OCH3 is 1. The first-order chi connectivity index (χ1) is 10.1. The smallest absolute Gasteiger partial charge is 0.127 e. The fraction of sp³-hybridized carbons (Fsp3) is 0.412. The number of thioether (sulfide) groups is 1. The summed E-state index contributed by atoms with van der Waals surface area (Å²) in [5, 5.41) is 0. The molecular weight excluding hydrogens is 298 g/mol. The third-order valence-corrected chi connectivity index (χ3v) is 6.53. The second-order valence-electron chi connectivity index (χ2n) is 5.51. The van der Waals surface area contributed by atoms with Crippen LogP contribution in [0.15, 0.2) is 18.2 Å². The van der Waals surface area contributed by atoms with E-state index in [2.05, 4.69) is 32.0 Å². The zero-order valence-electron chi connectivity index (χ0n) is 12.7. The van der Waals surface area contributed by atoms with Crippen LogP contribution in [-0.4, -0.2) is 12.9 Å². The van der Waals surface area contributed by atoms with Gasteiger partial charge in [0.25, 0.3) is 0 Å². The summed E-state index contributed by atoms with van der Waals surface area (Å²) in [6.07, 6.45) is 1.18. The van der Waals surface area contributed by atoms with E-state index in [4.69, 9.17) is 10.5 Å². The minimum Gasteiger partial charge on any atom is -0.496 e. The molecule has 2 nitrogen and oxygen atoms in total. The molecule has 1 unspecified atom stereocenters. The van der Waals surface area contributed by atoms with Gasteiger partial charge in [-0.25, -0.2) is 0 Å². The van der Waals surface area contributed by atoms with Crippen LogP contribution in [0.5, 0.6) is 5.75 Å². The lowest BCUT2D eigenvalue weighted by atomic mass is 9.98. The van der Waals surface area contributed by atoms with Gasteiger partial charge in [-0.2, -0.15) is 11.8 Å². The van der Waals surface area contributed by atoms with E-state index in [1.54, 1.807) is 7.11 Å². The van der Waals surface area contributed by atoms with Gasteiger partial charge >= 0.3 is 0 Å². The average molecular weight is 319 g/mol. The second-order valence-corrected chi connectivity index (χ2v) is 7.78. The Bertz CT molecular complexity index is 640. The molecule has 112 valence electrons. The van der Waals surface area contributed by atoms with Gasteiger partial charge in [-0.1, -0.05) is 12.1 Å². The molecule has 1 aromatic carbocycles. The molecule has 0 saturated heterocycles. The maximum Gasteiger partial charge on any atom is 0.127 e. The maximum atomic E-state index is 6.55. The molecule has 1 atom stereocenters. The minimum absolute atomic E-state index is 0.0974. The van der Waals surface area contributed by atoms with E-state index in [-0.39, 0.29) is 6.04 Å². The van der Waals surface area contributed by atoms with Crippen molar-refractivity contribution >= 4 is 23.1 Å². The van der Waals surface area contributed by atoms with Gasteiger partial charge in [0.2, 0.25) is 0 Å². The highest BCUT2D eigenvalue weighted by atomic mass is 32.2. The molecule has 2 aromatic rings. The summed E-state index contributed by atoms with van der Waals surface area (Å²) in [6, 6.07) is 6.45. The van der Waals surface area contributed by atoms with E-state index in [0.29, 0.717) is 0 Å². The number of benzene rings is 1. The number of ether oxygens (including phenoxy) is 1. The number of aryl methyl sites for hydroxylation is 2. The standard InChI is InChI=1S/C17H21NOS2/c1-10-4-5-13(17(19-3)11(10)2)16(18)15-8-12-9-20-7-6-14(12)21-15/h4-5,8,16H,6-7,9,18H2,1-3H3. The maximum absolute atomic E-state index is 6.55. The van der Waals surface area contributed by atoms with Gasteiger partial charge < -0.3 is 10.5 Å². The van der Waals surface area contributed by atoms with Crippen molar-refractivity contribution in [2.45, 2.75) is 32.1 Å². The highest BCUT2D eigenvalue weighted by molar-refractivity contribution is 7.98. The van der Waals surface area contributed by atoms with Crippen LogP contribution in [-0.2, 0) is 12.2 Å². The van der Waals surface area contributed by atoms with Crippen molar-refractivity contribution in [1.29, 1.82) is 0 Å². The first-order valence-electron chi connectivity index (χ1n) is 7.20. The van der Waals surface area contributed by atoms with Crippen molar-refractivity contribution < 1.29 is 4.74 Å². The minimum atomic E-state index is -0.0974. The number of fused-ring (bicyclic) bond motifs is 1. The summed E-state index contributed by atoms with van der Waals surface area (Å²) in [4.78, 5) is 2.77. The van der Waals surface area contributed by atoms with Crippen molar-refractivity contribution in [3.63, 3.8) is 0 Å². The van der Waals surface area contributed by atoms with Gasteiger partial charge in [0.15, 0.2) is 0 Å². The summed E-state index contributed by atoms with van der Waals surface area (Å²) < 4.78 is 5.62. The number of thiophene rings is 1. The second kappa shape index (κ2) is 6.03. The third kappa shape index (κ3) is 2.72. The van der Waals surface area contributed by atoms with E-state index in [9.17, 15) is 0 Å². The molecule has 1 aliphatic rings. The molecule has 21 heavy (non-hydrogen) atoms. The summed E-state index contributed by atoms with van der Waals surface area (Å²) in [5.41, 5.74) is 11.5. The van der Waals surface area contributed by atoms with Crippen LogP contribution in [0.1, 0.15) is 38.0 Å². The lowest BCUT2D eigenvalue weighted by molar-refractivity contribution is 0.404. The molecule has 0 spiro atoms. The van der Waals surface area contributed by atoms with Gasteiger partial charge in [0.1, 0.15) is 5.75 Å². The van der Waals surface area contributed by atoms with Crippen LogP contribution < -0.4 is 10.5 Å². The number of hydrogen-bond acceptors (Lipinski definition) is 4. The van der Waals surface area contributed by atoms with Crippen molar-refractivity contribution in [1.82, 2.24) is 0 Å². The van der Waals surface area contributed by atoms with Crippen molar-refractivity contribution in [3.05, 3.63) is 50.2 Å². The van der Waals surface area contributed by atoms with Crippen LogP contribution >= 0.6 is 23.1 Å². The Hall–Kier alpha value is -0.970. The summed E-state index contributed by atoms with van der Waals surface area (Å²) >= 11 is 3.89. The number of hydrogen-bond donors (Lipinski definition) is 1. The van der Waals surface area contributed by atoms with Gasteiger partial charge in [-0.05, 0) is 48.8 Å². The Kier molecular flexibility index (Phi) is 4.29. The summed E-state index contributed by atoms with van der Waals surface area (Å²) in [7, 11) is 1.73.